The van der Waals surface area contributed by atoms with Crippen molar-refractivity contribution < 1.29 is 9.53 Å². The van der Waals surface area contributed by atoms with Gasteiger partial charge in [-0.05, 0) is 35.9 Å². The van der Waals surface area contributed by atoms with Gasteiger partial charge in [0.2, 0.25) is 0 Å². The highest BCUT2D eigenvalue weighted by Gasteiger charge is 2.15. The number of pyridine rings is 1. The summed E-state index contributed by atoms with van der Waals surface area (Å²) in [6.45, 7) is 0.398. The maximum absolute atomic E-state index is 12.8. The van der Waals surface area contributed by atoms with Crippen LogP contribution in [-0.4, -0.2) is 25.0 Å². The number of benzene rings is 2. The number of amides is 1. The summed E-state index contributed by atoms with van der Waals surface area (Å²) in [5.41, 5.74) is 3.09. The highest BCUT2D eigenvalue weighted by Crippen LogP contribution is 2.26. The molecule has 132 valence electrons. The lowest BCUT2D eigenvalue weighted by molar-refractivity contribution is 0.102. The Morgan fingerprint density at radius 3 is 2.58 bits per heavy atom. The first-order valence-electron chi connectivity index (χ1n) is 8.33. The van der Waals surface area contributed by atoms with Gasteiger partial charge in [0.25, 0.3) is 5.91 Å². The van der Waals surface area contributed by atoms with Crippen LogP contribution < -0.4 is 15.0 Å². The van der Waals surface area contributed by atoms with Crippen molar-refractivity contribution in [1.29, 1.82) is 0 Å². The van der Waals surface area contributed by atoms with Crippen molar-refractivity contribution >= 4 is 17.3 Å². The van der Waals surface area contributed by atoms with Crippen molar-refractivity contribution in [3.63, 3.8) is 0 Å². The van der Waals surface area contributed by atoms with Gasteiger partial charge in [-0.25, -0.2) is 0 Å². The molecule has 3 rings (SSSR count). The number of carbonyl (C=O) groups excluding carboxylic acids is 1. The Kier molecular flexibility index (Phi) is 5.49. The molecule has 0 bridgehead atoms. The zero-order chi connectivity index (χ0) is 18.4. The maximum atomic E-state index is 12.8. The third-order valence-corrected chi connectivity index (χ3v) is 3.88. The normalized spacial score (nSPS) is 10.2. The monoisotopic (exact) mass is 347 g/mol. The van der Waals surface area contributed by atoms with Crippen molar-refractivity contribution in [1.82, 2.24) is 4.98 Å². The lowest BCUT2D eigenvalue weighted by Gasteiger charge is -2.17. The quantitative estimate of drug-likeness (QED) is 0.733. The average Bonchev–Trinajstić information content (AvgIpc) is 2.67. The fraction of sp³-hybridized carbons (Fsp3) is 0.143. The molecule has 0 aliphatic heterocycles. The third-order valence-electron chi connectivity index (χ3n) is 3.88. The molecule has 0 saturated heterocycles. The van der Waals surface area contributed by atoms with Gasteiger partial charge in [-0.15, -0.1) is 0 Å². The summed E-state index contributed by atoms with van der Waals surface area (Å²) < 4.78 is 5.92. The second-order valence-electron chi connectivity index (χ2n) is 6.04. The minimum Gasteiger partial charge on any atom is -0.488 e. The number of hydrogen-bond acceptors (Lipinski definition) is 4. The highest BCUT2D eigenvalue weighted by molar-refractivity contribution is 6.06. The fourth-order valence-corrected chi connectivity index (χ4v) is 2.47. The van der Waals surface area contributed by atoms with Crippen LogP contribution in [0.4, 0.5) is 11.4 Å². The van der Waals surface area contributed by atoms with Crippen LogP contribution in [0.1, 0.15) is 15.9 Å². The van der Waals surface area contributed by atoms with E-state index in [0.29, 0.717) is 23.6 Å². The van der Waals surface area contributed by atoms with E-state index in [1.165, 1.54) is 0 Å². The molecule has 1 aromatic heterocycles. The van der Waals surface area contributed by atoms with Crippen molar-refractivity contribution in [3.05, 3.63) is 84.2 Å². The van der Waals surface area contributed by atoms with Crippen molar-refractivity contribution in [2.75, 3.05) is 24.3 Å². The second-order valence-corrected chi connectivity index (χ2v) is 6.04. The van der Waals surface area contributed by atoms with Crippen molar-refractivity contribution in [2.45, 2.75) is 6.61 Å². The first-order chi connectivity index (χ1) is 12.6. The van der Waals surface area contributed by atoms with E-state index in [0.717, 1.165) is 11.3 Å². The smallest absolute Gasteiger partial charge is 0.259 e. The number of ether oxygens (including phenoxy) is 1. The predicted octanol–water partition coefficient (Wildman–Crippen LogP) is 3.98. The molecule has 1 N–H and O–H groups in total. The second kappa shape index (κ2) is 8.16. The molecule has 3 aromatic rings. The lowest BCUT2D eigenvalue weighted by Crippen LogP contribution is -2.16. The average molecular weight is 347 g/mol. The summed E-state index contributed by atoms with van der Waals surface area (Å²) in [4.78, 5) is 18.8. The minimum atomic E-state index is -0.232. The van der Waals surface area contributed by atoms with E-state index in [-0.39, 0.29) is 5.91 Å². The Hall–Kier alpha value is -3.34. The van der Waals surface area contributed by atoms with E-state index in [1.54, 1.807) is 24.5 Å². The molecular weight excluding hydrogens is 326 g/mol. The Morgan fingerprint density at radius 2 is 1.88 bits per heavy atom. The zero-order valence-corrected chi connectivity index (χ0v) is 14.8. The van der Waals surface area contributed by atoms with Crippen LogP contribution in [0.5, 0.6) is 5.75 Å². The van der Waals surface area contributed by atoms with Crippen LogP contribution >= 0.6 is 0 Å². The van der Waals surface area contributed by atoms with E-state index in [1.807, 2.05) is 67.5 Å². The topological polar surface area (TPSA) is 54.5 Å². The number of hydrogen-bond donors (Lipinski definition) is 1. The van der Waals surface area contributed by atoms with E-state index < -0.39 is 0 Å². The zero-order valence-electron chi connectivity index (χ0n) is 14.8. The first kappa shape index (κ1) is 17.5. The lowest BCUT2D eigenvalue weighted by atomic mass is 10.1. The summed E-state index contributed by atoms with van der Waals surface area (Å²) in [5, 5.41) is 2.86. The molecule has 2 aromatic carbocycles. The SMILES string of the molecule is CN(C)c1ccc(OCc2ccccc2)c(C(=O)Nc2cccnc2)c1. The molecule has 1 amide bonds. The van der Waals surface area contributed by atoms with Crippen LogP contribution in [0.25, 0.3) is 0 Å². The van der Waals surface area contributed by atoms with E-state index in [9.17, 15) is 4.79 Å². The number of rotatable bonds is 6. The summed E-state index contributed by atoms with van der Waals surface area (Å²) in [6.07, 6.45) is 3.27. The molecule has 5 heteroatoms. The van der Waals surface area contributed by atoms with Crippen molar-refractivity contribution in [2.24, 2.45) is 0 Å². The van der Waals surface area contributed by atoms with Gasteiger partial charge >= 0.3 is 0 Å². The number of anilines is 2. The molecule has 0 aliphatic carbocycles. The Morgan fingerprint density at radius 1 is 1.08 bits per heavy atom. The Labute approximate surface area is 153 Å². The van der Waals surface area contributed by atoms with Gasteiger partial charge in [0.1, 0.15) is 12.4 Å². The summed E-state index contributed by atoms with van der Waals surface area (Å²) in [7, 11) is 3.87. The summed E-state index contributed by atoms with van der Waals surface area (Å²) in [5.74, 6) is 0.311. The molecule has 0 fully saturated rings. The molecule has 0 spiro atoms. The summed E-state index contributed by atoms with van der Waals surface area (Å²) >= 11 is 0. The van der Waals surface area contributed by atoms with E-state index in [4.69, 9.17) is 4.74 Å². The van der Waals surface area contributed by atoms with Crippen LogP contribution in [-0.2, 0) is 6.61 Å². The molecule has 1 heterocycles. The summed E-state index contributed by atoms with van der Waals surface area (Å²) in [6, 6.07) is 19.0. The van der Waals surface area contributed by atoms with Gasteiger partial charge in [0, 0.05) is 26.0 Å². The predicted molar refractivity (Wildman–Crippen MR) is 104 cm³/mol. The van der Waals surface area contributed by atoms with Crippen LogP contribution in [0, 0.1) is 0 Å². The van der Waals surface area contributed by atoms with Gasteiger partial charge < -0.3 is 15.0 Å². The molecule has 0 radical (unpaired) electrons. The Balaban J connectivity index is 1.84. The number of aromatic nitrogens is 1. The fourth-order valence-electron chi connectivity index (χ4n) is 2.47. The Bertz CT molecular complexity index is 865. The van der Waals surface area contributed by atoms with Crippen LogP contribution in [0.2, 0.25) is 0 Å². The first-order valence-corrected chi connectivity index (χ1v) is 8.33. The molecule has 0 unspecified atom stereocenters. The minimum absolute atomic E-state index is 0.232. The molecule has 26 heavy (non-hydrogen) atoms. The molecule has 0 atom stereocenters. The van der Waals surface area contributed by atoms with Crippen molar-refractivity contribution in [3.8, 4) is 5.75 Å². The third kappa shape index (κ3) is 4.39. The van der Waals surface area contributed by atoms with E-state index >= 15 is 0 Å². The van der Waals surface area contributed by atoms with Crippen LogP contribution in [0.15, 0.2) is 73.1 Å². The van der Waals surface area contributed by atoms with Gasteiger partial charge in [0.15, 0.2) is 0 Å². The molecule has 5 nitrogen and oxygen atoms in total. The van der Waals surface area contributed by atoms with Crippen LogP contribution in [0.3, 0.4) is 0 Å². The number of nitrogens with zero attached hydrogens (tertiary/aromatic N) is 2. The number of nitrogens with one attached hydrogen (secondary N) is 1. The molecular formula is C21H21N3O2. The standard InChI is InChI=1S/C21H21N3O2/c1-24(2)18-10-11-20(26-15-16-7-4-3-5-8-16)19(13-18)21(25)23-17-9-6-12-22-14-17/h3-14H,15H2,1-2H3,(H,23,25). The van der Waals surface area contributed by atoms with E-state index in [2.05, 4.69) is 10.3 Å². The molecule has 0 saturated carbocycles. The highest BCUT2D eigenvalue weighted by atomic mass is 16.5. The largest absolute Gasteiger partial charge is 0.488 e. The van der Waals surface area contributed by atoms with Gasteiger partial charge in [-0.2, -0.15) is 0 Å². The number of carbonyl (C=O) groups is 1. The van der Waals surface area contributed by atoms with Gasteiger partial charge in [0.05, 0.1) is 17.4 Å². The van der Waals surface area contributed by atoms with Gasteiger partial charge in [-0.3, -0.25) is 9.78 Å². The maximum Gasteiger partial charge on any atom is 0.259 e. The van der Waals surface area contributed by atoms with Gasteiger partial charge in [-0.1, -0.05) is 30.3 Å². The molecule has 0 aliphatic rings.